The van der Waals surface area contributed by atoms with E-state index >= 15 is 0 Å². The molecule has 4 aliphatic rings. The van der Waals surface area contributed by atoms with Crippen LogP contribution in [0.2, 0.25) is 0 Å². The predicted molar refractivity (Wildman–Crippen MR) is 264 cm³/mol. The van der Waals surface area contributed by atoms with Gasteiger partial charge in [-0.1, -0.05) is 188 Å². The summed E-state index contributed by atoms with van der Waals surface area (Å²) in [6.45, 7) is 0. The average molecular weight is 817 g/mol. The summed E-state index contributed by atoms with van der Waals surface area (Å²) in [5, 5.41) is 11.6. The van der Waals surface area contributed by atoms with E-state index < -0.39 is 0 Å². The van der Waals surface area contributed by atoms with Crippen molar-refractivity contribution < 1.29 is 0 Å². The molecule has 4 nitrogen and oxygen atoms in total. The third kappa shape index (κ3) is 4.88. The molecule has 0 saturated heterocycles. The van der Waals surface area contributed by atoms with Crippen molar-refractivity contribution >= 4 is 60.6 Å². The molecule has 0 saturated carbocycles. The zero-order valence-corrected chi connectivity index (χ0v) is 34.9. The molecule has 9 aromatic carbocycles. The molecule has 0 bridgehead atoms. The first-order chi connectivity index (χ1) is 31.7. The molecule has 1 N–H and O–H groups in total. The number of aliphatic imine (C=N–C) groups is 2. The minimum Gasteiger partial charge on any atom is -0.344 e. The summed E-state index contributed by atoms with van der Waals surface area (Å²) in [6, 6.07) is 73.2. The second-order valence-electron chi connectivity index (χ2n) is 17.6. The number of nitrogens with zero attached hydrogens (tertiary/aromatic N) is 3. The Labute approximate surface area is 370 Å². The first kappa shape index (κ1) is 35.5. The SMILES string of the molecule is C1=CC2=C(c3ccccc3C23c2cccc4ccc5cccc3c5c24)C(c2ccc(C3=NC(c4ccccc4)NC(c4ccc5c6ccccc6n(-c6ccccc6)c5c4)=N3)cc2)C1. The highest BCUT2D eigenvalue weighted by molar-refractivity contribution is 6.18. The van der Waals surface area contributed by atoms with Gasteiger partial charge in [-0.15, -0.1) is 0 Å². The summed E-state index contributed by atoms with van der Waals surface area (Å²) in [5.41, 5.74) is 15.9. The van der Waals surface area contributed by atoms with Crippen LogP contribution in [-0.4, -0.2) is 16.2 Å². The largest absolute Gasteiger partial charge is 0.344 e. The van der Waals surface area contributed by atoms with E-state index in [0.717, 1.165) is 46.0 Å². The lowest BCUT2D eigenvalue weighted by Gasteiger charge is -2.33. The van der Waals surface area contributed by atoms with Crippen LogP contribution in [-0.2, 0) is 5.41 Å². The highest BCUT2D eigenvalue weighted by atomic mass is 15.2. The number of allylic oxidation sites excluding steroid dienone is 4. The molecule has 0 amide bonds. The molecule has 64 heavy (non-hydrogen) atoms. The molecule has 0 fully saturated rings. The predicted octanol–water partition coefficient (Wildman–Crippen LogP) is 13.7. The zero-order chi connectivity index (χ0) is 41.9. The molecule has 2 unspecified atom stereocenters. The molecule has 1 aliphatic heterocycles. The molecule has 1 spiro atoms. The summed E-state index contributed by atoms with van der Waals surface area (Å²) >= 11 is 0. The van der Waals surface area contributed by atoms with Gasteiger partial charge >= 0.3 is 0 Å². The van der Waals surface area contributed by atoms with E-state index in [1.54, 1.807) is 0 Å². The third-order valence-electron chi connectivity index (χ3n) is 14.4. The fraction of sp³-hybridized carbons (Fsp3) is 0.0667. The van der Waals surface area contributed by atoms with E-state index in [9.17, 15) is 0 Å². The molecule has 2 heterocycles. The van der Waals surface area contributed by atoms with Crippen LogP contribution in [0.25, 0.3) is 54.6 Å². The number of fused-ring (bicyclic) bond motifs is 9. The molecule has 14 rings (SSSR count). The van der Waals surface area contributed by atoms with Gasteiger partial charge in [-0.2, -0.15) is 0 Å². The maximum absolute atomic E-state index is 5.32. The molecule has 1 aromatic heterocycles. The van der Waals surface area contributed by atoms with Gasteiger partial charge < -0.3 is 9.88 Å². The quantitative estimate of drug-likeness (QED) is 0.173. The van der Waals surface area contributed by atoms with Crippen LogP contribution in [0.1, 0.15) is 63.0 Å². The van der Waals surface area contributed by atoms with E-state index in [2.05, 4.69) is 222 Å². The number of nitrogens with one attached hydrogen (secondary N) is 1. The normalized spacial score (nSPS) is 17.9. The van der Waals surface area contributed by atoms with Gasteiger partial charge in [0, 0.05) is 33.5 Å². The van der Waals surface area contributed by atoms with Crippen LogP contribution < -0.4 is 5.32 Å². The van der Waals surface area contributed by atoms with Gasteiger partial charge in [0.1, 0.15) is 12.0 Å². The average Bonchev–Trinajstić information content (AvgIpc) is 3.98. The Bertz CT molecular complexity index is 3660. The monoisotopic (exact) mass is 816 g/mol. The van der Waals surface area contributed by atoms with Crippen molar-refractivity contribution in [3.05, 3.63) is 262 Å². The summed E-state index contributed by atoms with van der Waals surface area (Å²) in [5.74, 6) is 1.72. The first-order valence-electron chi connectivity index (χ1n) is 22.4. The zero-order valence-electron chi connectivity index (χ0n) is 34.9. The van der Waals surface area contributed by atoms with E-state index in [0.29, 0.717) is 0 Å². The molecule has 4 heteroatoms. The summed E-state index contributed by atoms with van der Waals surface area (Å²) < 4.78 is 2.36. The van der Waals surface area contributed by atoms with Gasteiger partial charge in [0.05, 0.1) is 16.4 Å². The van der Waals surface area contributed by atoms with Crippen LogP contribution >= 0.6 is 0 Å². The van der Waals surface area contributed by atoms with Crippen LogP contribution in [0.4, 0.5) is 0 Å². The van der Waals surface area contributed by atoms with Crippen molar-refractivity contribution in [1.29, 1.82) is 0 Å². The number of amidine groups is 2. The molecular formula is C60H40N4. The molecule has 10 aromatic rings. The lowest BCUT2D eigenvalue weighted by atomic mass is 9.68. The van der Waals surface area contributed by atoms with E-state index in [1.165, 1.54) is 76.8 Å². The number of para-hydroxylation sites is 2. The molecule has 3 aliphatic carbocycles. The van der Waals surface area contributed by atoms with Crippen LogP contribution in [0, 0.1) is 0 Å². The van der Waals surface area contributed by atoms with Gasteiger partial charge in [0.25, 0.3) is 0 Å². The number of aromatic nitrogens is 1. The topological polar surface area (TPSA) is 41.7 Å². The van der Waals surface area contributed by atoms with Gasteiger partial charge in [0.15, 0.2) is 5.84 Å². The van der Waals surface area contributed by atoms with Crippen LogP contribution in [0.3, 0.4) is 0 Å². The summed E-state index contributed by atoms with van der Waals surface area (Å²) in [7, 11) is 0. The molecule has 2 atom stereocenters. The number of hydrogen-bond donors (Lipinski definition) is 1. The number of benzene rings is 9. The van der Waals surface area contributed by atoms with Gasteiger partial charge in [-0.05, 0) is 96.8 Å². The molecule has 0 radical (unpaired) electrons. The number of rotatable bonds is 5. The first-order valence-corrected chi connectivity index (χ1v) is 22.4. The van der Waals surface area contributed by atoms with Gasteiger partial charge in [0.2, 0.25) is 0 Å². The fourth-order valence-corrected chi connectivity index (χ4v) is 11.7. The maximum Gasteiger partial charge on any atom is 0.159 e. The highest BCUT2D eigenvalue weighted by Crippen LogP contribution is 2.64. The Kier molecular flexibility index (Phi) is 7.47. The van der Waals surface area contributed by atoms with E-state index in [4.69, 9.17) is 9.98 Å². The van der Waals surface area contributed by atoms with Crippen molar-refractivity contribution in [2.75, 3.05) is 0 Å². The fourth-order valence-electron chi connectivity index (χ4n) is 11.7. The molecule has 300 valence electrons. The highest BCUT2D eigenvalue weighted by Gasteiger charge is 2.52. The minimum absolute atomic E-state index is 0.200. The van der Waals surface area contributed by atoms with Crippen molar-refractivity contribution in [3.8, 4) is 5.69 Å². The standard InChI is InChI=1S/C60H40N4/c1-3-14-40(15-4-1)57-61-58(63-59(62-57)42-34-35-46-45-20-8-10-27-52(45)64(53(46)36-42)43-18-5-2-6-19-43)41-32-28-37(29-33-41)44-22-13-26-51-56(44)47-21-7-9-23-48(47)60(51)49-24-11-16-38-30-31-39-17-12-25-50(60)55(39)54(38)49/h1-21,23-36,44,57H,22H2,(H,61,62,63). The smallest absolute Gasteiger partial charge is 0.159 e. The Balaban J connectivity index is 0.885. The Hall–Kier alpha value is -8.08. The van der Waals surface area contributed by atoms with Crippen molar-refractivity contribution in [3.63, 3.8) is 0 Å². The second-order valence-corrected chi connectivity index (χ2v) is 17.6. The third-order valence-corrected chi connectivity index (χ3v) is 14.4. The van der Waals surface area contributed by atoms with Crippen LogP contribution in [0.15, 0.2) is 228 Å². The lowest BCUT2D eigenvalue weighted by Crippen LogP contribution is -2.33. The summed E-state index contributed by atoms with van der Waals surface area (Å²) in [4.78, 5) is 10.6. The van der Waals surface area contributed by atoms with Crippen molar-refractivity contribution in [2.24, 2.45) is 9.98 Å². The molecular weight excluding hydrogens is 777 g/mol. The van der Waals surface area contributed by atoms with E-state index in [-0.39, 0.29) is 17.5 Å². The Morgan fingerprint density at radius 1 is 0.531 bits per heavy atom. The van der Waals surface area contributed by atoms with Gasteiger partial charge in [-0.25, -0.2) is 9.98 Å². The second kappa shape index (κ2) is 13.5. The minimum atomic E-state index is -0.358. The maximum atomic E-state index is 5.32. The van der Waals surface area contributed by atoms with Crippen molar-refractivity contribution in [1.82, 2.24) is 9.88 Å². The van der Waals surface area contributed by atoms with E-state index in [1.807, 2.05) is 0 Å². The van der Waals surface area contributed by atoms with Crippen molar-refractivity contribution in [2.45, 2.75) is 23.9 Å². The number of hydrogen-bond acceptors (Lipinski definition) is 3. The lowest BCUT2D eigenvalue weighted by molar-refractivity contribution is 0.674. The van der Waals surface area contributed by atoms with Crippen LogP contribution in [0.5, 0.6) is 0 Å². The Morgan fingerprint density at radius 3 is 1.97 bits per heavy atom. The van der Waals surface area contributed by atoms with Gasteiger partial charge in [-0.3, -0.25) is 0 Å². The Morgan fingerprint density at radius 2 is 1.19 bits per heavy atom. The summed E-state index contributed by atoms with van der Waals surface area (Å²) in [6.07, 6.45) is 5.51.